The molecule has 2 heterocycles. The predicted molar refractivity (Wildman–Crippen MR) is 112 cm³/mol. The van der Waals surface area contributed by atoms with E-state index in [4.69, 9.17) is 25.8 Å². The molecule has 0 saturated carbocycles. The largest absolute Gasteiger partial charge is 0.488 e. The zero-order valence-electron chi connectivity index (χ0n) is 16.6. The van der Waals surface area contributed by atoms with E-state index in [9.17, 15) is 15.3 Å². The molecule has 0 amide bonds. The standard InChI is InChI=1S/C23H27ClO6/c24-19-6-3-15(21-11-20(26)23(27)22(12-25)30-21)10-16(19)9-14-1-4-17(5-2-14)29-18-7-8-28-13-18/h1-6,10,18,20-23,25-27H,7-9,11-13H2/t18?,20?,21?,22?,23-/m0/s1. The van der Waals surface area contributed by atoms with Gasteiger partial charge in [-0.3, -0.25) is 0 Å². The lowest BCUT2D eigenvalue weighted by atomic mass is 9.92. The fourth-order valence-corrected chi connectivity index (χ4v) is 4.14. The van der Waals surface area contributed by atoms with Gasteiger partial charge in [-0.25, -0.2) is 0 Å². The van der Waals surface area contributed by atoms with Crippen LogP contribution >= 0.6 is 11.6 Å². The highest BCUT2D eigenvalue weighted by molar-refractivity contribution is 6.31. The van der Waals surface area contributed by atoms with Gasteiger partial charge in [-0.1, -0.05) is 35.9 Å². The van der Waals surface area contributed by atoms with Crippen molar-refractivity contribution in [2.75, 3.05) is 19.8 Å². The van der Waals surface area contributed by atoms with Crippen molar-refractivity contribution in [1.29, 1.82) is 0 Å². The molecule has 2 aliphatic heterocycles. The maximum Gasteiger partial charge on any atom is 0.124 e. The van der Waals surface area contributed by atoms with Crippen LogP contribution in [-0.2, 0) is 15.9 Å². The zero-order valence-corrected chi connectivity index (χ0v) is 17.4. The molecular weight excluding hydrogens is 408 g/mol. The Balaban J connectivity index is 1.45. The summed E-state index contributed by atoms with van der Waals surface area (Å²) in [6.07, 6.45) is -1.33. The van der Waals surface area contributed by atoms with Crippen LogP contribution in [0.25, 0.3) is 0 Å². The summed E-state index contributed by atoms with van der Waals surface area (Å²) in [6, 6.07) is 13.6. The van der Waals surface area contributed by atoms with Gasteiger partial charge in [0.25, 0.3) is 0 Å². The normalized spacial score (nSPS) is 29.1. The summed E-state index contributed by atoms with van der Waals surface area (Å²) in [6.45, 7) is 1.03. The third kappa shape index (κ3) is 4.97. The second kappa shape index (κ2) is 9.64. The Bertz CT molecular complexity index is 836. The van der Waals surface area contributed by atoms with Crippen molar-refractivity contribution in [3.63, 3.8) is 0 Å². The molecular formula is C23H27ClO6. The lowest BCUT2D eigenvalue weighted by Crippen LogP contribution is -2.47. The maximum absolute atomic E-state index is 10.1. The smallest absolute Gasteiger partial charge is 0.124 e. The zero-order chi connectivity index (χ0) is 21.1. The van der Waals surface area contributed by atoms with Crippen molar-refractivity contribution in [3.05, 3.63) is 64.2 Å². The summed E-state index contributed by atoms with van der Waals surface area (Å²) in [7, 11) is 0. The number of hydrogen-bond donors (Lipinski definition) is 3. The molecule has 2 aromatic carbocycles. The van der Waals surface area contributed by atoms with Gasteiger partial charge in [-0.15, -0.1) is 0 Å². The third-order valence-corrected chi connectivity index (χ3v) is 6.07. The van der Waals surface area contributed by atoms with Crippen LogP contribution in [0.2, 0.25) is 5.02 Å². The SMILES string of the molecule is OCC1OC(c2ccc(Cl)c(Cc3ccc(OC4CCOC4)cc3)c2)CC(O)[C@@H]1O. The van der Waals surface area contributed by atoms with Gasteiger partial charge in [0, 0.05) is 17.9 Å². The molecule has 2 aromatic rings. The third-order valence-electron chi connectivity index (χ3n) is 5.70. The van der Waals surface area contributed by atoms with E-state index >= 15 is 0 Å². The molecule has 7 heteroatoms. The first-order valence-corrected chi connectivity index (χ1v) is 10.7. The minimum atomic E-state index is -1.09. The second-order valence-corrected chi connectivity index (χ2v) is 8.32. The number of ether oxygens (including phenoxy) is 3. The summed E-state index contributed by atoms with van der Waals surface area (Å²) >= 11 is 6.43. The molecule has 30 heavy (non-hydrogen) atoms. The molecule has 0 spiro atoms. The lowest BCUT2D eigenvalue weighted by molar-refractivity contribution is -0.181. The minimum absolute atomic E-state index is 0.120. The van der Waals surface area contributed by atoms with Gasteiger partial charge in [0.2, 0.25) is 0 Å². The Morgan fingerprint density at radius 2 is 1.90 bits per heavy atom. The summed E-state index contributed by atoms with van der Waals surface area (Å²) < 4.78 is 17.0. The van der Waals surface area contributed by atoms with Crippen LogP contribution in [-0.4, -0.2) is 59.6 Å². The van der Waals surface area contributed by atoms with E-state index < -0.39 is 24.4 Å². The molecule has 6 nitrogen and oxygen atoms in total. The van der Waals surface area contributed by atoms with Gasteiger partial charge in [0.1, 0.15) is 24.1 Å². The van der Waals surface area contributed by atoms with Crippen LogP contribution in [0.5, 0.6) is 5.75 Å². The van der Waals surface area contributed by atoms with E-state index in [0.717, 1.165) is 35.5 Å². The maximum atomic E-state index is 10.1. The van der Waals surface area contributed by atoms with Crippen LogP contribution in [0.3, 0.4) is 0 Å². The fraction of sp³-hybridized carbons (Fsp3) is 0.478. The monoisotopic (exact) mass is 434 g/mol. The molecule has 4 unspecified atom stereocenters. The molecule has 0 aromatic heterocycles. The first-order chi connectivity index (χ1) is 14.5. The minimum Gasteiger partial charge on any atom is -0.488 e. The van der Waals surface area contributed by atoms with Gasteiger partial charge >= 0.3 is 0 Å². The first-order valence-electron chi connectivity index (χ1n) is 10.3. The van der Waals surface area contributed by atoms with E-state index in [0.29, 0.717) is 18.1 Å². The number of hydrogen-bond acceptors (Lipinski definition) is 6. The lowest BCUT2D eigenvalue weighted by Gasteiger charge is -2.36. The highest BCUT2D eigenvalue weighted by Crippen LogP contribution is 2.34. The number of halogens is 1. The number of rotatable bonds is 6. The van der Waals surface area contributed by atoms with E-state index in [1.165, 1.54) is 0 Å². The fourth-order valence-electron chi connectivity index (χ4n) is 3.95. The van der Waals surface area contributed by atoms with Crippen LogP contribution in [0, 0.1) is 0 Å². The molecule has 0 bridgehead atoms. The molecule has 162 valence electrons. The van der Waals surface area contributed by atoms with Gasteiger partial charge in [0.05, 0.1) is 32.0 Å². The van der Waals surface area contributed by atoms with Gasteiger partial charge in [0.15, 0.2) is 0 Å². The number of aliphatic hydroxyl groups is 3. The summed E-state index contributed by atoms with van der Waals surface area (Å²) in [5.41, 5.74) is 2.90. The summed E-state index contributed by atoms with van der Waals surface area (Å²) in [4.78, 5) is 0. The van der Waals surface area contributed by atoms with Crippen LogP contribution in [0.1, 0.15) is 35.6 Å². The van der Waals surface area contributed by atoms with Gasteiger partial charge < -0.3 is 29.5 Å². The van der Waals surface area contributed by atoms with Crippen molar-refractivity contribution >= 4 is 11.6 Å². The Kier molecular flexibility index (Phi) is 6.93. The molecule has 5 atom stereocenters. The van der Waals surface area contributed by atoms with Crippen molar-refractivity contribution in [1.82, 2.24) is 0 Å². The summed E-state index contributed by atoms with van der Waals surface area (Å²) in [5, 5.41) is 30.1. The van der Waals surface area contributed by atoms with Crippen LogP contribution in [0.4, 0.5) is 0 Å². The first kappa shape index (κ1) is 21.6. The molecule has 2 aliphatic rings. The number of aliphatic hydroxyl groups excluding tert-OH is 3. The van der Waals surface area contributed by atoms with Crippen molar-refractivity contribution < 1.29 is 29.5 Å². The topological polar surface area (TPSA) is 88.4 Å². The van der Waals surface area contributed by atoms with Crippen molar-refractivity contribution in [2.24, 2.45) is 0 Å². The van der Waals surface area contributed by atoms with E-state index in [1.54, 1.807) is 0 Å². The van der Waals surface area contributed by atoms with Crippen molar-refractivity contribution in [3.8, 4) is 5.75 Å². The molecule has 4 rings (SSSR count). The van der Waals surface area contributed by atoms with E-state index in [2.05, 4.69) is 0 Å². The van der Waals surface area contributed by atoms with Crippen LogP contribution < -0.4 is 4.74 Å². The number of benzene rings is 2. The molecule has 3 N–H and O–H groups in total. The van der Waals surface area contributed by atoms with Gasteiger partial charge in [-0.2, -0.15) is 0 Å². The average Bonchev–Trinajstić information content (AvgIpc) is 3.26. The van der Waals surface area contributed by atoms with Gasteiger partial charge in [-0.05, 0) is 41.3 Å². The Labute approximate surface area is 181 Å². The quantitative estimate of drug-likeness (QED) is 0.647. The van der Waals surface area contributed by atoms with Crippen LogP contribution in [0.15, 0.2) is 42.5 Å². The predicted octanol–water partition coefficient (Wildman–Crippen LogP) is 2.64. The highest BCUT2D eigenvalue weighted by atomic mass is 35.5. The Morgan fingerprint density at radius 3 is 2.60 bits per heavy atom. The summed E-state index contributed by atoms with van der Waals surface area (Å²) in [5.74, 6) is 0.826. The Morgan fingerprint density at radius 1 is 1.10 bits per heavy atom. The molecule has 2 fully saturated rings. The average molecular weight is 435 g/mol. The second-order valence-electron chi connectivity index (χ2n) is 7.91. The Hall–Kier alpha value is -1.67. The molecule has 0 aliphatic carbocycles. The van der Waals surface area contributed by atoms with E-state index in [-0.39, 0.29) is 19.1 Å². The highest BCUT2D eigenvalue weighted by Gasteiger charge is 2.37. The molecule has 2 saturated heterocycles. The van der Waals surface area contributed by atoms with E-state index in [1.807, 2.05) is 42.5 Å². The molecule has 0 radical (unpaired) electrons. The van der Waals surface area contributed by atoms with Crippen molar-refractivity contribution in [2.45, 2.75) is 49.8 Å².